The van der Waals surface area contributed by atoms with E-state index < -0.39 is 5.60 Å². The zero-order valence-electron chi connectivity index (χ0n) is 13.7. The van der Waals surface area contributed by atoms with Crippen molar-refractivity contribution in [3.63, 3.8) is 0 Å². The lowest BCUT2D eigenvalue weighted by atomic mass is 9.76. The van der Waals surface area contributed by atoms with Crippen LogP contribution < -0.4 is 10.6 Å². The number of hydrogen-bond acceptors (Lipinski definition) is 3. The van der Waals surface area contributed by atoms with E-state index in [2.05, 4.69) is 17.6 Å². The lowest BCUT2D eigenvalue weighted by molar-refractivity contribution is 0.0382. The topological polar surface area (TPSA) is 50.4 Å². The van der Waals surface area contributed by atoms with Crippen LogP contribution in [-0.4, -0.2) is 30.3 Å². The Morgan fingerprint density at radius 2 is 1.90 bits per heavy atom. The molecule has 0 unspecified atom stereocenters. The predicted molar refractivity (Wildman–Crippen MR) is 83.0 cm³/mol. The molecule has 4 heteroatoms. The number of carbonyl (C=O) groups excluding carboxylic acids is 1. The zero-order valence-corrected chi connectivity index (χ0v) is 13.7. The van der Waals surface area contributed by atoms with Crippen molar-refractivity contribution in [2.45, 2.75) is 83.8 Å². The average Bonchev–Trinajstić information content (AvgIpc) is 2.27. The summed E-state index contributed by atoms with van der Waals surface area (Å²) in [6.07, 6.45) is 8.08. The number of rotatable bonds is 8. The van der Waals surface area contributed by atoms with Gasteiger partial charge in [-0.3, -0.25) is 0 Å². The van der Waals surface area contributed by atoms with Crippen LogP contribution in [0, 0.1) is 0 Å². The lowest BCUT2D eigenvalue weighted by Gasteiger charge is -2.42. The Morgan fingerprint density at radius 3 is 2.40 bits per heavy atom. The second kappa shape index (κ2) is 7.87. The summed E-state index contributed by atoms with van der Waals surface area (Å²) in [6.45, 7) is 9.81. The summed E-state index contributed by atoms with van der Waals surface area (Å²) in [5.41, 5.74) is -0.504. The highest BCUT2D eigenvalue weighted by Crippen LogP contribution is 2.31. The molecule has 0 aliphatic heterocycles. The van der Waals surface area contributed by atoms with Crippen LogP contribution in [0.25, 0.3) is 0 Å². The van der Waals surface area contributed by atoms with E-state index in [1.807, 2.05) is 20.8 Å². The summed E-state index contributed by atoms with van der Waals surface area (Å²) in [5.74, 6) is 0. The van der Waals surface area contributed by atoms with E-state index >= 15 is 0 Å². The third-order valence-corrected chi connectivity index (χ3v) is 3.75. The van der Waals surface area contributed by atoms with Crippen molar-refractivity contribution < 1.29 is 9.53 Å². The first-order valence-electron chi connectivity index (χ1n) is 8.09. The van der Waals surface area contributed by atoms with Crippen molar-refractivity contribution in [2.24, 2.45) is 0 Å². The van der Waals surface area contributed by atoms with Gasteiger partial charge in [0.2, 0.25) is 0 Å². The van der Waals surface area contributed by atoms with Crippen molar-refractivity contribution in [3.05, 3.63) is 0 Å². The van der Waals surface area contributed by atoms with Gasteiger partial charge in [0.15, 0.2) is 0 Å². The van der Waals surface area contributed by atoms with Gasteiger partial charge in [-0.2, -0.15) is 0 Å². The molecule has 0 aromatic rings. The quantitative estimate of drug-likeness (QED) is 0.670. The Morgan fingerprint density at radius 1 is 1.20 bits per heavy atom. The molecule has 0 radical (unpaired) electrons. The van der Waals surface area contributed by atoms with E-state index in [9.17, 15) is 4.79 Å². The highest BCUT2D eigenvalue weighted by atomic mass is 16.6. The maximum Gasteiger partial charge on any atom is 0.408 e. The summed E-state index contributed by atoms with van der Waals surface area (Å²) in [6, 6.07) is 0. The van der Waals surface area contributed by atoms with Crippen molar-refractivity contribution in [2.75, 3.05) is 13.1 Å². The number of hydrogen-bond donors (Lipinski definition) is 2. The Bertz CT molecular complexity index is 293. The fraction of sp³-hybridized carbons (Fsp3) is 0.938. The van der Waals surface area contributed by atoms with E-state index in [-0.39, 0.29) is 11.6 Å². The van der Waals surface area contributed by atoms with E-state index in [1.54, 1.807) is 0 Å². The molecule has 2 N–H and O–H groups in total. The summed E-state index contributed by atoms with van der Waals surface area (Å²) in [7, 11) is 0. The van der Waals surface area contributed by atoms with Gasteiger partial charge in [-0.05, 0) is 53.0 Å². The van der Waals surface area contributed by atoms with Crippen LogP contribution in [0.1, 0.15) is 72.6 Å². The van der Waals surface area contributed by atoms with Crippen molar-refractivity contribution in [1.82, 2.24) is 10.6 Å². The smallest absolute Gasteiger partial charge is 0.408 e. The second-order valence-corrected chi connectivity index (χ2v) is 7.00. The third-order valence-electron chi connectivity index (χ3n) is 3.75. The van der Waals surface area contributed by atoms with Crippen LogP contribution in [0.5, 0.6) is 0 Å². The Balaban J connectivity index is 2.24. The largest absolute Gasteiger partial charge is 0.444 e. The number of unbranched alkanes of at least 4 members (excludes halogenated alkanes) is 3. The van der Waals surface area contributed by atoms with Crippen LogP contribution in [0.3, 0.4) is 0 Å². The van der Waals surface area contributed by atoms with Gasteiger partial charge in [0.05, 0.1) is 5.54 Å². The molecule has 1 amide bonds. The molecule has 4 nitrogen and oxygen atoms in total. The molecule has 0 heterocycles. The number of nitrogens with one attached hydrogen (secondary N) is 2. The molecule has 118 valence electrons. The SMILES string of the molecule is CCCCCCNCC1(NC(=O)OC(C)(C)C)CCC1. The van der Waals surface area contributed by atoms with Crippen molar-refractivity contribution in [1.29, 1.82) is 0 Å². The van der Waals surface area contributed by atoms with Gasteiger partial charge in [-0.1, -0.05) is 26.2 Å². The van der Waals surface area contributed by atoms with Gasteiger partial charge >= 0.3 is 6.09 Å². The van der Waals surface area contributed by atoms with Crippen molar-refractivity contribution in [3.8, 4) is 0 Å². The summed E-state index contributed by atoms with van der Waals surface area (Å²) >= 11 is 0. The van der Waals surface area contributed by atoms with E-state index in [1.165, 1.54) is 32.1 Å². The Hall–Kier alpha value is -0.770. The number of alkyl carbamates (subject to hydrolysis) is 1. The number of ether oxygens (including phenoxy) is 1. The molecule has 0 spiro atoms. The lowest BCUT2D eigenvalue weighted by Crippen LogP contribution is -2.59. The molecule has 20 heavy (non-hydrogen) atoms. The highest BCUT2D eigenvalue weighted by molar-refractivity contribution is 5.69. The monoisotopic (exact) mass is 284 g/mol. The molecule has 1 rings (SSSR count). The summed E-state index contributed by atoms with van der Waals surface area (Å²) < 4.78 is 5.35. The van der Waals surface area contributed by atoms with Gasteiger partial charge in [-0.15, -0.1) is 0 Å². The fourth-order valence-corrected chi connectivity index (χ4v) is 2.47. The molecule has 0 bridgehead atoms. The molecule has 0 aromatic carbocycles. The van der Waals surface area contributed by atoms with Crippen LogP contribution in [-0.2, 0) is 4.74 Å². The number of carbonyl (C=O) groups is 1. The van der Waals surface area contributed by atoms with Crippen molar-refractivity contribution >= 4 is 6.09 Å². The van der Waals surface area contributed by atoms with Gasteiger partial charge in [0, 0.05) is 6.54 Å². The minimum absolute atomic E-state index is 0.0763. The van der Waals surface area contributed by atoms with E-state index in [0.29, 0.717) is 0 Å². The molecule has 1 saturated carbocycles. The van der Waals surface area contributed by atoms with Crippen LogP contribution in [0.4, 0.5) is 4.79 Å². The molecule has 0 saturated heterocycles. The fourth-order valence-electron chi connectivity index (χ4n) is 2.47. The summed E-state index contributed by atoms with van der Waals surface area (Å²) in [5, 5.41) is 6.55. The first-order valence-corrected chi connectivity index (χ1v) is 8.09. The normalized spacial score (nSPS) is 17.4. The predicted octanol–water partition coefficient (Wildman–Crippen LogP) is 3.60. The van der Waals surface area contributed by atoms with Gasteiger partial charge in [-0.25, -0.2) is 4.79 Å². The van der Waals surface area contributed by atoms with Crippen LogP contribution in [0.15, 0.2) is 0 Å². The van der Waals surface area contributed by atoms with Crippen LogP contribution >= 0.6 is 0 Å². The zero-order chi connectivity index (χ0) is 15.1. The molecule has 0 atom stereocenters. The highest BCUT2D eigenvalue weighted by Gasteiger charge is 2.39. The van der Waals surface area contributed by atoms with Gasteiger partial charge in [0.1, 0.15) is 5.60 Å². The minimum Gasteiger partial charge on any atom is -0.444 e. The molecule has 1 aliphatic rings. The number of amides is 1. The second-order valence-electron chi connectivity index (χ2n) is 7.00. The molecule has 1 fully saturated rings. The average molecular weight is 284 g/mol. The first-order chi connectivity index (χ1) is 9.37. The minimum atomic E-state index is -0.428. The Labute approximate surface area is 124 Å². The van der Waals surface area contributed by atoms with E-state index in [0.717, 1.165) is 25.9 Å². The third kappa shape index (κ3) is 6.60. The van der Waals surface area contributed by atoms with E-state index in [4.69, 9.17) is 4.74 Å². The summed E-state index contributed by atoms with van der Waals surface area (Å²) in [4.78, 5) is 11.9. The standard InChI is InChI=1S/C16H32N2O2/c1-5-6-7-8-12-17-13-16(10-9-11-16)18-14(19)20-15(2,3)4/h17H,5-13H2,1-4H3,(H,18,19). The maximum absolute atomic E-state index is 11.9. The van der Waals surface area contributed by atoms with Crippen LogP contribution in [0.2, 0.25) is 0 Å². The molecular formula is C16H32N2O2. The van der Waals surface area contributed by atoms with Gasteiger partial charge in [0.25, 0.3) is 0 Å². The molecular weight excluding hydrogens is 252 g/mol. The molecule has 1 aliphatic carbocycles. The molecule has 0 aromatic heterocycles. The Kier molecular flexibility index (Phi) is 6.80. The first kappa shape index (κ1) is 17.3. The maximum atomic E-state index is 11.9. The van der Waals surface area contributed by atoms with Gasteiger partial charge < -0.3 is 15.4 Å².